The van der Waals surface area contributed by atoms with Crippen molar-refractivity contribution in [2.45, 2.75) is 20.4 Å². The maximum Gasteiger partial charge on any atom is 0.353 e. The Morgan fingerprint density at radius 2 is 1.68 bits per heavy atom. The molecule has 5 rings (SSSR count). The number of nitrogen functional groups attached to an aromatic ring is 1. The molecule has 0 bridgehead atoms. The normalized spacial score (nSPS) is 11.1. The minimum atomic E-state index is -0.416. The Morgan fingerprint density at radius 3 is 2.32 bits per heavy atom. The number of fused-ring (bicyclic) bond motifs is 1. The van der Waals surface area contributed by atoms with Gasteiger partial charge in [-0.15, -0.1) is 15.3 Å². The summed E-state index contributed by atoms with van der Waals surface area (Å²) in [6, 6.07) is 17.0. The zero-order valence-corrected chi connectivity index (χ0v) is 18.9. The number of anilines is 1. The Hall–Kier alpha value is -4.60. The number of pyridine rings is 1. The van der Waals surface area contributed by atoms with E-state index in [2.05, 4.69) is 25.3 Å². The first-order valence-electron chi connectivity index (χ1n) is 10.6. The number of methoxy groups -OCH3 is 1. The molecule has 0 saturated carbocycles. The van der Waals surface area contributed by atoms with E-state index in [1.807, 2.05) is 56.3 Å². The van der Waals surface area contributed by atoms with Crippen molar-refractivity contribution in [2.24, 2.45) is 0 Å². The molecule has 10 nitrogen and oxygen atoms in total. The van der Waals surface area contributed by atoms with Crippen LogP contribution in [0.25, 0.3) is 28.0 Å². The lowest BCUT2D eigenvalue weighted by Crippen LogP contribution is -2.24. The minimum absolute atomic E-state index is 0.0529. The zero-order chi connectivity index (χ0) is 23.8. The lowest BCUT2D eigenvalue weighted by atomic mass is 9.99. The largest absolute Gasteiger partial charge is 0.480 e. The predicted molar refractivity (Wildman–Crippen MR) is 127 cm³/mol. The van der Waals surface area contributed by atoms with Crippen LogP contribution in [0.5, 0.6) is 5.88 Å². The van der Waals surface area contributed by atoms with E-state index in [0.29, 0.717) is 28.5 Å². The van der Waals surface area contributed by atoms with E-state index in [-0.39, 0.29) is 12.5 Å². The second-order valence-corrected chi connectivity index (χ2v) is 7.86. The van der Waals surface area contributed by atoms with E-state index in [1.165, 1.54) is 16.2 Å². The Bertz CT molecular complexity index is 1540. The number of benzene rings is 1. The van der Waals surface area contributed by atoms with Crippen LogP contribution in [0.1, 0.15) is 17.1 Å². The van der Waals surface area contributed by atoms with Crippen molar-refractivity contribution in [1.29, 1.82) is 0 Å². The summed E-state index contributed by atoms with van der Waals surface area (Å²) in [4.78, 5) is 22.4. The highest BCUT2D eigenvalue weighted by molar-refractivity contribution is 5.90. The Labute approximate surface area is 194 Å². The van der Waals surface area contributed by atoms with Gasteiger partial charge in [0.05, 0.1) is 30.6 Å². The van der Waals surface area contributed by atoms with Crippen molar-refractivity contribution in [3.8, 4) is 28.3 Å². The lowest BCUT2D eigenvalue weighted by molar-refractivity contribution is 0.390. The van der Waals surface area contributed by atoms with E-state index >= 15 is 0 Å². The predicted octanol–water partition coefficient (Wildman–Crippen LogP) is 2.67. The van der Waals surface area contributed by atoms with Gasteiger partial charge in [-0.2, -0.15) is 0 Å². The molecule has 0 amide bonds. The molecule has 1 aromatic carbocycles. The van der Waals surface area contributed by atoms with Crippen LogP contribution in [0.3, 0.4) is 0 Å². The molecule has 170 valence electrons. The number of hydrogen-bond donors (Lipinski definition) is 1. The van der Waals surface area contributed by atoms with E-state index < -0.39 is 5.69 Å². The van der Waals surface area contributed by atoms with Crippen LogP contribution in [0.2, 0.25) is 0 Å². The summed E-state index contributed by atoms with van der Waals surface area (Å²) < 4.78 is 7.69. The van der Waals surface area contributed by atoms with E-state index in [1.54, 1.807) is 12.1 Å². The van der Waals surface area contributed by atoms with Gasteiger partial charge in [0.1, 0.15) is 0 Å². The van der Waals surface area contributed by atoms with Crippen molar-refractivity contribution in [3.63, 3.8) is 0 Å². The first-order valence-corrected chi connectivity index (χ1v) is 10.6. The highest BCUT2D eigenvalue weighted by atomic mass is 16.5. The fourth-order valence-electron chi connectivity index (χ4n) is 3.95. The number of rotatable bonds is 5. The molecule has 0 aliphatic carbocycles. The minimum Gasteiger partial charge on any atom is -0.480 e. The quantitative estimate of drug-likeness (QED) is 0.430. The van der Waals surface area contributed by atoms with Crippen LogP contribution in [0, 0.1) is 13.8 Å². The molecule has 0 aliphatic rings. The molecule has 2 N–H and O–H groups in total. The van der Waals surface area contributed by atoms with Crippen molar-refractivity contribution in [2.75, 3.05) is 12.8 Å². The maximum atomic E-state index is 13.3. The average molecular weight is 454 g/mol. The monoisotopic (exact) mass is 454 g/mol. The topological polar surface area (TPSA) is 126 Å². The number of aryl methyl sites for hydroxylation is 2. The number of ether oxygens (including phenoxy) is 1. The van der Waals surface area contributed by atoms with Gasteiger partial charge in [0.25, 0.3) is 0 Å². The molecular formula is C24H22N8O2. The molecular weight excluding hydrogens is 432 g/mol. The van der Waals surface area contributed by atoms with E-state index in [9.17, 15) is 4.79 Å². The van der Waals surface area contributed by atoms with Gasteiger partial charge in [0.15, 0.2) is 5.65 Å². The van der Waals surface area contributed by atoms with E-state index in [4.69, 9.17) is 10.5 Å². The van der Waals surface area contributed by atoms with Crippen LogP contribution in [-0.4, -0.2) is 41.5 Å². The first-order chi connectivity index (χ1) is 16.4. The highest BCUT2D eigenvalue weighted by Gasteiger charge is 2.22. The van der Waals surface area contributed by atoms with Gasteiger partial charge < -0.3 is 10.5 Å². The fourth-order valence-corrected chi connectivity index (χ4v) is 3.95. The number of nitrogens with two attached hydrogens (primary N) is 1. The molecule has 10 heteroatoms. The van der Waals surface area contributed by atoms with E-state index in [0.717, 1.165) is 22.5 Å². The molecule has 0 saturated heterocycles. The fraction of sp³-hybridized carbons (Fsp3) is 0.167. The van der Waals surface area contributed by atoms with Crippen molar-refractivity contribution in [1.82, 2.24) is 34.3 Å². The van der Waals surface area contributed by atoms with Gasteiger partial charge >= 0.3 is 5.69 Å². The molecule has 0 fully saturated rings. The molecule has 5 aromatic rings. The van der Waals surface area contributed by atoms with Gasteiger partial charge in [-0.05, 0) is 37.6 Å². The summed E-state index contributed by atoms with van der Waals surface area (Å²) >= 11 is 0. The molecule has 0 aliphatic heterocycles. The molecule has 0 unspecified atom stereocenters. The summed E-state index contributed by atoms with van der Waals surface area (Å²) in [7, 11) is 1.51. The molecule has 4 heterocycles. The van der Waals surface area contributed by atoms with Crippen LogP contribution in [0.4, 0.5) is 5.95 Å². The third kappa shape index (κ3) is 3.75. The Morgan fingerprint density at radius 1 is 0.941 bits per heavy atom. The Balaban J connectivity index is 1.77. The SMILES string of the molecule is COc1ccc(Cn2nc3c(-c4cc(C)nc(C)c4)c(-c4ccccc4)nc(N)n3c2=O)nn1. The molecule has 0 radical (unpaired) electrons. The summed E-state index contributed by atoms with van der Waals surface area (Å²) in [5, 5.41) is 12.7. The van der Waals surface area contributed by atoms with Gasteiger partial charge in [-0.3, -0.25) is 4.98 Å². The van der Waals surface area contributed by atoms with Crippen LogP contribution in [-0.2, 0) is 6.54 Å². The maximum absolute atomic E-state index is 13.3. The summed E-state index contributed by atoms with van der Waals surface area (Å²) in [5.41, 5.74) is 11.6. The third-order valence-corrected chi connectivity index (χ3v) is 5.39. The first kappa shape index (κ1) is 21.3. The molecule has 0 atom stereocenters. The van der Waals surface area contributed by atoms with Gasteiger partial charge in [0, 0.05) is 23.0 Å². The van der Waals surface area contributed by atoms with Gasteiger partial charge in [-0.1, -0.05) is 30.3 Å². The molecule has 0 spiro atoms. The molecule has 4 aromatic heterocycles. The summed E-state index contributed by atoms with van der Waals surface area (Å²) in [6.45, 7) is 3.97. The third-order valence-electron chi connectivity index (χ3n) is 5.39. The van der Waals surface area contributed by atoms with Crippen molar-refractivity contribution < 1.29 is 4.74 Å². The van der Waals surface area contributed by atoms with Gasteiger partial charge in [0.2, 0.25) is 11.8 Å². The number of aromatic nitrogens is 7. The second-order valence-electron chi connectivity index (χ2n) is 7.86. The average Bonchev–Trinajstić information content (AvgIpc) is 3.15. The standard InChI is InChI=1S/C24H22N8O2/c1-14-11-17(12-15(2)26-14)20-21(16-7-5-4-6-8-16)27-23(25)32-22(20)30-31(24(32)33)13-18-9-10-19(34-3)29-28-18/h4-12H,13H2,1-3H3,(H2,25,27). The van der Waals surface area contributed by atoms with Gasteiger partial charge in [-0.25, -0.2) is 18.9 Å². The van der Waals surface area contributed by atoms with Crippen molar-refractivity contribution >= 4 is 11.6 Å². The van der Waals surface area contributed by atoms with Crippen LogP contribution >= 0.6 is 0 Å². The highest BCUT2D eigenvalue weighted by Crippen LogP contribution is 2.34. The summed E-state index contributed by atoms with van der Waals surface area (Å²) in [5.74, 6) is 0.440. The number of nitrogens with zero attached hydrogens (tertiary/aromatic N) is 7. The number of hydrogen-bond acceptors (Lipinski definition) is 8. The molecule has 34 heavy (non-hydrogen) atoms. The van der Waals surface area contributed by atoms with Crippen LogP contribution < -0.4 is 16.2 Å². The Kier molecular flexibility index (Phi) is 5.25. The second kappa shape index (κ2) is 8.39. The van der Waals surface area contributed by atoms with Crippen molar-refractivity contribution in [3.05, 3.63) is 82.2 Å². The smallest absolute Gasteiger partial charge is 0.353 e. The van der Waals surface area contributed by atoms with Crippen LogP contribution in [0.15, 0.2) is 59.4 Å². The zero-order valence-electron chi connectivity index (χ0n) is 18.9. The lowest BCUT2D eigenvalue weighted by Gasteiger charge is -2.13. The summed E-state index contributed by atoms with van der Waals surface area (Å²) in [6.07, 6.45) is 0.